The number of rotatable bonds is 5. The number of hydrogen-bond donors (Lipinski definition) is 0. The van der Waals surface area contributed by atoms with Crippen LogP contribution < -0.4 is 5.32 Å². The molecule has 0 aliphatic rings. The summed E-state index contributed by atoms with van der Waals surface area (Å²) in [5, 5.41) is 0.801. The fraction of sp³-hybridized carbons (Fsp3) is 0.786. The molecule has 1 unspecified atom stereocenters. The standard InChI is InChI=1S/C14H28ClN3O2SSi/c1-10(15)9-11-12(22(7)8)16-13(14(2,3)4)18(11)21(19,20)17(5)6/h10,22H,9H2,1-8H3. The zero-order chi connectivity index (χ0) is 17.5. The van der Waals surface area contributed by atoms with E-state index >= 15 is 0 Å². The van der Waals surface area contributed by atoms with Crippen LogP contribution in [0.25, 0.3) is 0 Å². The van der Waals surface area contributed by atoms with Crippen molar-refractivity contribution in [2.45, 2.75) is 58.0 Å². The molecule has 0 fully saturated rings. The van der Waals surface area contributed by atoms with E-state index in [4.69, 9.17) is 16.6 Å². The number of hydrogen-bond acceptors (Lipinski definition) is 3. The lowest BCUT2D eigenvalue weighted by Crippen LogP contribution is -2.36. The number of halogens is 1. The van der Waals surface area contributed by atoms with Crippen molar-refractivity contribution in [3.63, 3.8) is 0 Å². The first-order valence-corrected chi connectivity index (χ1v) is 12.2. The van der Waals surface area contributed by atoms with Gasteiger partial charge in [-0.15, -0.1) is 11.6 Å². The largest absolute Gasteiger partial charge is 0.308 e. The second-order valence-corrected chi connectivity index (χ2v) is 12.8. The van der Waals surface area contributed by atoms with Crippen molar-refractivity contribution in [1.82, 2.24) is 13.3 Å². The molecule has 0 saturated carbocycles. The maximum atomic E-state index is 12.9. The van der Waals surface area contributed by atoms with Gasteiger partial charge in [0.1, 0.15) is 5.82 Å². The molecule has 128 valence electrons. The minimum atomic E-state index is -3.63. The molecule has 1 heterocycles. The van der Waals surface area contributed by atoms with E-state index in [1.54, 1.807) is 14.1 Å². The first kappa shape index (κ1) is 19.7. The summed E-state index contributed by atoms with van der Waals surface area (Å²) in [5.74, 6) is 0.588. The lowest BCUT2D eigenvalue weighted by atomic mass is 9.96. The van der Waals surface area contributed by atoms with Crippen molar-refractivity contribution in [1.29, 1.82) is 0 Å². The van der Waals surface area contributed by atoms with E-state index in [0.29, 0.717) is 12.2 Å². The molecule has 0 spiro atoms. The molecule has 0 aliphatic carbocycles. The second kappa shape index (κ2) is 6.63. The Labute approximate surface area is 141 Å². The lowest BCUT2D eigenvalue weighted by molar-refractivity contribution is 0.486. The van der Waals surface area contributed by atoms with Gasteiger partial charge in [-0.2, -0.15) is 12.7 Å². The molecule has 0 N–H and O–H groups in total. The van der Waals surface area contributed by atoms with Crippen molar-refractivity contribution >= 4 is 35.9 Å². The lowest BCUT2D eigenvalue weighted by Gasteiger charge is -2.23. The Kier molecular flexibility index (Phi) is 5.93. The summed E-state index contributed by atoms with van der Waals surface area (Å²) in [5.41, 5.74) is 0.386. The maximum Gasteiger partial charge on any atom is 0.308 e. The van der Waals surface area contributed by atoms with Gasteiger partial charge in [0.15, 0.2) is 0 Å². The Balaban J connectivity index is 3.82. The predicted molar refractivity (Wildman–Crippen MR) is 96.5 cm³/mol. The van der Waals surface area contributed by atoms with Crippen LogP contribution in [0.15, 0.2) is 0 Å². The Morgan fingerprint density at radius 2 is 1.82 bits per heavy atom. The van der Waals surface area contributed by atoms with Gasteiger partial charge in [0.2, 0.25) is 0 Å². The average molecular weight is 366 g/mol. The van der Waals surface area contributed by atoms with E-state index < -0.39 is 19.0 Å². The molecule has 1 atom stereocenters. The van der Waals surface area contributed by atoms with Gasteiger partial charge >= 0.3 is 10.2 Å². The van der Waals surface area contributed by atoms with Gasteiger partial charge in [0, 0.05) is 36.6 Å². The minimum Gasteiger partial charge on any atom is -0.241 e. The summed E-state index contributed by atoms with van der Waals surface area (Å²) in [6.45, 7) is 12.1. The SMILES string of the molecule is CC(Cl)Cc1c([SiH](C)C)nc(C(C)(C)C)n1S(=O)(=O)N(C)C. The van der Waals surface area contributed by atoms with Crippen LogP contribution in [-0.4, -0.2) is 49.9 Å². The van der Waals surface area contributed by atoms with Crippen LogP contribution in [0.2, 0.25) is 13.1 Å². The highest BCUT2D eigenvalue weighted by atomic mass is 35.5. The first-order chi connectivity index (χ1) is 9.80. The van der Waals surface area contributed by atoms with Crippen molar-refractivity contribution < 1.29 is 8.42 Å². The summed E-state index contributed by atoms with van der Waals surface area (Å²) >= 11 is 6.18. The average Bonchev–Trinajstić information content (AvgIpc) is 2.67. The van der Waals surface area contributed by atoms with E-state index in [0.717, 1.165) is 11.0 Å². The summed E-state index contributed by atoms with van der Waals surface area (Å²) < 4.78 is 28.4. The normalized spacial score (nSPS) is 14.9. The molecular weight excluding hydrogens is 338 g/mol. The van der Waals surface area contributed by atoms with Crippen LogP contribution in [0.1, 0.15) is 39.2 Å². The molecule has 1 aromatic heterocycles. The van der Waals surface area contributed by atoms with Crippen LogP contribution >= 0.6 is 11.6 Å². The van der Waals surface area contributed by atoms with Gasteiger partial charge in [0.05, 0.1) is 14.5 Å². The Morgan fingerprint density at radius 1 is 1.32 bits per heavy atom. The zero-order valence-corrected chi connectivity index (χ0v) is 17.5. The van der Waals surface area contributed by atoms with Crippen LogP contribution in [0.3, 0.4) is 0 Å². The zero-order valence-electron chi connectivity index (χ0n) is 14.8. The van der Waals surface area contributed by atoms with Gasteiger partial charge < -0.3 is 0 Å². The number of nitrogens with zero attached hydrogens (tertiary/aromatic N) is 3. The number of alkyl halides is 1. The summed E-state index contributed by atoms with van der Waals surface area (Å²) in [7, 11) is -1.82. The molecular formula is C14H28ClN3O2SSi. The molecule has 22 heavy (non-hydrogen) atoms. The predicted octanol–water partition coefficient (Wildman–Crippen LogP) is 1.70. The van der Waals surface area contributed by atoms with Gasteiger partial charge in [-0.25, -0.2) is 8.96 Å². The van der Waals surface area contributed by atoms with Crippen LogP contribution in [0.4, 0.5) is 0 Å². The highest BCUT2D eigenvalue weighted by Gasteiger charge is 2.34. The number of aromatic nitrogens is 2. The molecule has 0 bridgehead atoms. The fourth-order valence-electron chi connectivity index (χ4n) is 2.26. The van der Waals surface area contributed by atoms with E-state index in [-0.39, 0.29) is 10.8 Å². The smallest absolute Gasteiger partial charge is 0.241 e. The first-order valence-electron chi connectivity index (χ1n) is 7.49. The summed E-state index contributed by atoms with van der Waals surface area (Å²) in [4.78, 5) is 4.74. The van der Waals surface area contributed by atoms with E-state index in [1.807, 2.05) is 27.7 Å². The molecule has 5 nitrogen and oxygen atoms in total. The fourth-order valence-corrected chi connectivity index (χ4v) is 5.10. The van der Waals surface area contributed by atoms with Gasteiger partial charge in [0.25, 0.3) is 0 Å². The summed E-state index contributed by atoms with van der Waals surface area (Å²) in [6, 6.07) is 0. The van der Waals surface area contributed by atoms with Crippen molar-refractivity contribution in [3.8, 4) is 0 Å². The molecule has 0 saturated heterocycles. The molecule has 0 amide bonds. The topological polar surface area (TPSA) is 55.2 Å². The summed E-state index contributed by atoms with van der Waals surface area (Å²) in [6.07, 6.45) is 0.498. The van der Waals surface area contributed by atoms with Crippen LogP contribution in [-0.2, 0) is 22.0 Å². The molecule has 1 aromatic rings. The van der Waals surface area contributed by atoms with E-state index in [1.165, 1.54) is 8.28 Å². The second-order valence-electron chi connectivity index (χ2n) is 7.21. The quantitative estimate of drug-likeness (QED) is 0.589. The molecule has 0 aromatic carbocycles. The van der Waals surface area contributed by atoms with Crippen molar-refractivity contribution in [3.05, 3.63) is 11.5 Å². The third-order valence-electron chi connectivity index (χ3n) is 3.34. The Bertz CT molecular complexity index is 631. The maximum absolute atomic E-state index is 12.9. The molecule has 0 aliphatic heterocycles. The van der Waals surface area contributed by atoms with E-state index in [9.17, 15) is 8.42 Å². The van der Waals surface area contributed by atoms with Crippen molar-refractivity contribution in [2.75, 3.05) is 14.1 Å². The molecule has 0 radical (unpaired) electrons. The Hall–Kier alpha value is -0.373. The van der Waals surface area contributed by atoms with Gasteiger partial charge in [-0.1, -0.05) is 33.9 Å². The Morgan fingerprint density at radius 3 is 2.14 bits per heavy atom. The molecule has 1 rings (SSSR count). The van der Waals surface area contributed by atoms with Gasteiger partial charge in [-0.3, -0.25) is 0 Å². The number of imidazole rings is 1. The van der Waals surface area contributed by atoms with Crippen molar-refractivity contribution in [2.24, 2.45) is 0 Å². The highest BCUT2D eigenvalue weighted by Crippen LogP contribution is 2.25. The third kappa shape index (κ3) is 3.93. The molecule has 8 heteroatoms. The highest BCUT2D eigenvalue weighted by molar-refractivity contribution is 7.87. The van der Waals surface area contributed by atoms with Crippen LogP contribution in [0, 0.1) is 0 Å². The van der Waals surface area contributed by atoms with E-state index in [2.05, 4.69) is 13.1 Å². The van der Waals surface area contributed by atoms with Crippen LogP contribution in [0.5, 0.6) is 0 Å². The third-order valence-corrected chi connectivity index (χ3v) is 6.83. The minimum absolute atomic E-state index is 0.146. The van der Waals surface area contributed by atoms with Gasteiger partial charge in [-0.05, 0) is 6.92 Å². The monoisotopic (exact) mass is 365 g/mol.